The van der Waals surface area contributed by atoms with Crippen molar-refractivity contribution >= 4 is 0 Å². The van der Waals surface area contributed by atoms with E-state index in [0.29, 0.717) is 0 Å². The molecule has 0 saturated carbocycles. The Morgan fingerprint density at radius 1 is 0.867 bits per heavy atom. The minimum absolute atomic E-state index is 0.805. The molecule has 0 aliphatic carbocycles. The van der Waals surface area contributed by atoms with E-state index < -0.39 is 86.8 Å². The van der Waals surface area contributed by atoms with Gasteiger partial charge in [0.15, 0.2) is 0 Å². The van der Waals surface area contributed by atoms with Crippen LogP contribution in [-0.4, -0.2) is 0 Å². The average molecular weight is 225 g/mol. The van der Waals surface area contributed by atoms with E-state index in [1.807, 2.05) is 0 Å². The molecule has 0 atom stereocenters. The van der Waals surface area contributed by atoms with Gasteiger partial charge in [-0.15, -0.1) is 0 Å². The highest BCUT2D eigenvalue weighted by atomic mass is 14.2. The van der Waals surface area contributed by atoms with Gasteiger partial charge in [0.1, 0.15) is 0 Å². The smallest absolute Gasteiger partial charge is 0.0561 e. The third-order valence-corrected chi connectivity index (χ3v) is 1.62. The van der Waals surface area contributed by atoms with Gasteiger partial charge < -0.3 is 0 Å². The summed E-state index contributed by atoms with van der Waals surface area (Å²) in [7, 11) is 0. The van der Waals surface area contributed by atoms with Crippen molar-refractivity contribution in [1.82, 2.24) is 0 Å². The van der Waals surface area contributed by atoms with Gasteiger partial charge in [-0.1, -0.05) is 64.8 Å². The van der Waals surface area contributed by atoms with E-state index in [2.05, 4.69) is 0 Å². The van der Waals surface area contributed by atoms with Gasteiger partial charge in [0.2, 0.25) is 0 Å². The lowest BCUT2D eigenvalue weighted by molar-refractivity contribution is 0.567. The van der Waals surface area contributed by atoms with Crippen LogP contribution in [0.5, 0.6) is 0 Å². The van der Waals surface area contributed by atoms with Gasteiger partial charge in [0, 0.05) is 24.7 Å². The fourth-order valence-electron chi connectivity index (χ4n) is 0.969. The van der Waals surface area contributed by atoms with E-state index in [-0.39, 0.29) is 0 Å². The van der Waals surface area contributed by atoms with Crippen molar-refractivity contribution in [3.05, 3.63) is 34.8 Å². The van der Waals surface area contributed by atoms with Crippen molar-refractivity contribution in [3.63, 3.8) is 0 Å². The molecule has 84 valence electrons. The fraction of sp³-hybridized carbons (Fsp3) is 0.600. The summed E-state index contributed by atoms with van der Waals surface area (Å²) in [5.41, 5.74) is -12.2. The molecule has 0 radical (unpaired) electrons. The van der Waals surface area contributed by atoms with Crippen LogP contribution in [0.4, 0.5) is 0 Å². The predicted octanol–water partition coefficient (Wildman–Crippen LogP) is 4.59. The highest BCUT2D eigenvalue weighted by Crippen LogP contribution is 2.29. The summed E-state index contributed by atoms with van der Waals surface area (Å²) in [5.74, 6) is 0. The molecule has 0 saturated heterocycles. The maximum atomic E-state index is 8.58. The van der Waals surface area contributed by atoms with Crippen LogP contribution in [0, 0.1) is 6.92 Å². The molecule has 0 aromatic heterocycles. The highest BCUT2D eigenvalue weighted by molar-refractivity contribution is 5.36. The largest absolute Gasteiger partial charge is 0.0629 e. The number of hydrogen-bond acceptors (Lipinski definition) is 0. The van der Waals surface area contributed by atoms with Gasteiger partial charge in [0.25, 0.3) is 0 Å². The Kier molecular flexibility index (Phi) is 0.489. The summed E-state index contributed by atoms with van der Waals surface area (Å²) >= 11 is 0. The first-order valence-electron chi connectivity index (χ1n) is 14.5. The van der Waals surface area contributed by atoms with E-state index >= 15 is 0 Å². The van der Waals surface area contributed by atoms with Gasteiger partial charge in [-0.25, -0.2) is 0 Å². The van der Waals surface area contributed by atoms with Crippen molar-refractivity contribution in [1.29, 1.82) is 0 Å². The third kappa shape index (κ3) is 3.09. The van der Waals surface area contributed by atoms with E-state index in [0.717, 1.165) is 6.92 Å². The standard InChI is InChI=1S/C15H24/c1-11-8-12(14(2,3)4)10-13(9-11)15(5,6)7/h8-10H,1-7H3/i2D3,3D3,4D3,5D3,6D3,7D3,8D,9D,10D. The molecule has 0 nitrogen and oxygen atoms in total. The molecule has 0 unspecified atom stereocenters. The molecular weight excluding hydrogens is 180 g/mol. The van der Waals surface area contributed by atoms with Gasteiger partial charge in [-0.05, 0) is 28.9 Å². The molecule has 0 aliphatic rings. The third-order valence-electron chi connectivity index (χ3n) is 1.62. The summed E-state index contributed by atoms with van der Waals surface area (Å²) < 4.78 is 167. The van der Waals surface area contributed by atoms with Crippen molar-refractivity contribution in [2.45, 2.75) is 58.9 Å². The normalized spacial score (nSPS) is 38.6. The highest BCUT2D eigenvalue weighted by Gasteiger charge is 2.19. The Hall–Kier alpha value is -0.780. The maximum absolute atomic E-state index is 8.58. The van der Waals surface area contributed by atoms with Gasteiger partial charge in [-0.2, -0.15) is 0 Å². The zero-order valence-corrected chi connectivity index (χ0v) is 8.00. The molecule has 1 aromatic carbocycles. The monoisotopic (exact) mass is 225 g/mol. The average Bonchev–Trinajstić information content (AvgIpc) is 2.53. The van der Waals surface area contributed by atoms with Gasteiger partial charge in [0.05, 0.1) is 4.11 Å². The van der Waals surface area contributed by atoms with Crippen LogP contribution in [0.3, 0.4) is 0 Å². The molecule has 0 N–H and O–H groups in total. The Morgan fingerprint density at radius 3 is 1.60 bits per heavy atom. The summed E-state index contributed by atoms with van der Waals surface area (Å²) in [6.45, 7) is -23.4. The lowest BCUT2D eigenvalue weighted by atomic mass is 9.80. The van der Waals surface area contributed by atoms with Crippen molar-refractivity contribution in [2.24, 2.45) is 0 Å². The number of rotatable bonds is 0. The van der Waals surface area contributed by atoms with Crippen LogP contribution < -0.4 is 0 Å². The molecule has 1 aromatic rings. The Labute approximate surface area is 124 Å². The van der Waals surface area contributed by atoms with Crippen molar-refractivity contribution in [2.75, 3.05) is 0 Å². The summed E-state index contributed by atoms with van der Waals surface area (Å²) in [5, 5.41) is 0. The topological polar surface area (TPSA) is 0 Å². The summed E-state index contributed by atoms with van der Waals surface area (Å²) in [4.78, 5) is 0. The number of hydrogen-bond donors (Lipinski definition) is 0. The lowest BCUT2D eigenvalue weighted by Crippen LogP contribution is -2.16. The molecule has 0 bridgehead atoms. The van der Waals surface area contributed by atoms with Crippen LogP contribution in [0.25, 0.3) is 0 Å². The van der Waals surface area contributed by atoms with E-state index in [9.17, 15) is 0 Å². The first kappa shape index (κ1) is 2.00. The Morgan fingerprint density at radius 2 is 1.27 bits per heavy atom. The first-order chi connectivity index (χ1) is 15.4. The number of benzene rings is 1. The zero-order chi connectivity index (χ0) is 29.5. The molecule has 0 aliphatic heterocycles. The second-order valence-corrected chi connectivity index (χ2v) is 3.25. The molecule has 0 amide bonds. The second kappa shape index (κ2) is 3.66. The molecule has 0 heteroatoms. The van der Waals surface area contributed by atoms with E-state index in [1.54, 1.807) is 0 Å². The molecule has 0 heterocycles. The van der Waals surface area contributed by atoms with Crippen LogP contribution in [0.2, 0.25) is 0 Å². The zero-order valence-electron chi connectivity index (χ0n) is 29.0. The maximum Gasteiger partial charge on any atom is 0.0629 e. The molecule has 15 heavy (non-hydrogen) atoms. The van der Waals surface area contributed by atoms with Crippen LogP contribution in [0.15, 0.2) is 18.1 Å². The summed E-state index contributed by atoms with van der Waals surface area (Å²) in [6, 6.07) is -4.26. The molecule has 1 rings (SSSR count). The van der Waals surface area contributed by atoms with E-state index in [4.69, 9.17) is 28.8 Å². The fourth-order valence-corrected chi connectivity index (χ4v) is 0.969. The Balaban J connectivity index is 4.89. The lowest BCUT2D eigenvalue weighted by Gasteiger charge is -2.25. The molecule has 0 spiro atoms. The van der Waals surface area contributed by atoms with Gasteiger partial charge >= 0.3 is 0 Å². The second-order valence-electron chi connectivity index (χ2n) is 3.25. The summed E-state index contributed by atoms with van der Waals surface area (Å²) in [6.07, 6.45) is 0. The van der Waals surface area contributed by atoms with Crippen molar-refractivity contribution < 1.29 is 28.8 Å². The molecule has 0 fully saturated rings. The van der Waals surface area contributed by atoms with Crippen LogP contribution in [0.1, 0.15) is 86.6 Å². The van der Waals surface area contributed by atoms with Crippen molar-refractivity contribution in [3.8, 4) is 0 Å². The molecular formula is C15H24. The van der Waals surface area contributed by atoms with Crippen LogP contribution in [-0.2, 0) is 10.8 Å². The first-order valence-corrected chi connectivity index (χ1v) is 4.00. The minimum Gasteiger partial charge on any atom is -0.0561 e. The van der Waals surface area contributed by atoms with E-state index in [1.165, 1.54) is 0 Å². The Bertz CT molecular complexity index is 840. The minimum atomic E-state index is -4.06. The van der Waals surface area contributed by atoms with Gasteiger partial charge in [-0.3, -0.25) is 0 Å². The van der Waals surface area contributed by atoms with Crippen LogP contribution >= 0.6 is 0 Å². The SMILES string of the molecule is [2H]c1c(C)c([2H])c(C(C([2H])([2H])[2H])(C([2H])([2H])[2H])C([2H])([2H])[2H])c([2H])c1C(C([2H])([2H])[2H])(C([2H])([2H])[2H])C([2H])([2H])[2H]. The predicted molar refractivity (Wildman–Crippen MR) is 68.6 cm³/mol. The quantitative estimate of drug-likeness (QED) is 0.606.